The summed E-state index contributed by atoms with van der Waals surface area (Å²) in [5, 5.41) is 10.8. The zero-order valence-corrected chi connectivity index (χ0v) is 9.32. The molecule has 2 rings (SSSR count). The second-order valence-corrected chi connectivity index (χ2v) is 4.46. The molecule has 2 heteroatoms. The van der Waals surface area contributed by atoms with Gasteiger partial charge in [0.25, 0.3) is 0 Å². The van der Waals surface area contributed by atoms with Crippen molar-refractivity contribution in [3.05, 3.63) is 47.0 Å². The molecule has 1 nitrogen and oxygen atoms in total. The summed E-state index contributed by atoms with van der Waals surface area (Å²) in [5.74, 6) is 0.247. The average Bonchev–Trinajstić information content (AvgIpc) is 2.29. The SMILES string of the molecule is O[C@@H](c1cccc(Cl)c1)[C@@H]1C=CCCC1. The highest BCUT2D eigenvalue weighted by molar-refractivity contribution is 6.30. The molecule has 1 N–H and O–H groups in total. The monoisotopic (exact) mass is 222 g/mol. The minimum absolute atomic E-state index is 0.247. The van der Waals surface area contributed by atoms with Crippen molar-refractivity contribution in [2.24, 2.45) is 5.92 Å². The van der Waals surface area contributed by atoms with Gasteiger partial charge in [-0.05, 0) is 37.0 Å². The molecule has 0 saturated carbocycles. The van der Waals surface area contributed by atoms with Crippen molar-refractivity contribution in [3.63, 3.8) is 0 Å². The Morgan fingerprint density at radius 3 is 2.93 bits per heavy atom. The summed E-state index contributed by atoms with van der Waals surface area (Å²) in [4.78, 5) is 0. The standard InChI is InChI=1S/C13H15ClO/c14-12-8-4-7-11(9-12)13(15)10-5-2-1-3-6-10/h2,4-5,7-10,13,15H,1,3,6H2/t10-,13-/m1/s1. The Morgan fingerprint density at radius 1 is 1.40 bits per heavy atom. The van der Waals surface area contributed by atoms with Crippen molar-refractivity contribution in [2.75, 3.05) is 0 Å². The van der Waals surface area contributed by atoms with E-state index in [-0.39, 0.29) is 5.92 Å². The zero-order chi connectivity index (χ0) is 10.7. The van der Waals surface area contributed by atoms with E-state index in [4.69, 9.17) is 11.6 Å². The fraction of sp³-hybridized carbons (Fsp3) is 0.385. The van der Waals surface area contributed by atoms with Crippen LogP contribution < -0.4 is 0 Å². The third kappa shape index (κ3) is 2.61. The number of hydrogen-bond donors (Lipinski definition) is 1. The summed E-state index contributed by atoms with van der Waals surface area (Å²) in [5.41, 5.74) is 0.916. The van der Waals surface area contributed by atoms with Gasteiger partial charge in [0, 0.05) is 10.9 Å². The Kier molecular flexibility index (Phi) is 3.45. The molecule has 0 bridgehead atoms. The normalized spacial score (nSPS) is 22.7. The van der Waals surface area contributed by atoms with Crippen molar-refractivity contribution in [1.29, 1.82) is 0 Å². The number of aliphatic hydroxyl groups is 1. The molecule has 0 spiro atoms. The first-order valence-corrected chi connectivity index (χ1v) is 5.75. The van der Waals surface area contributed by atoms with Gasteiger partial charge in [0.05, 0.1) is 6.10 Å². The smallest absolute Gasteiger partial charge is 0.0853 e. The first-order chi connectivity index (χ1) is 7.27. The molecule has 1 aliphatic rings. The molecule has 1 aromatic rings. The molecule has 1 aromatic carbocycles. The van der Waals surface area contributed by atoms with Gasteiger partial charge in [-0.25, -0.2) is 0 Å². The van der Waals surface area contributed by atoms with Gasteiger partial charge in [-0.1, -0.05) is 35.9 Å². The highest BCUT2D eigenvalue weighted by atomic mass is 35.5. The summed E-state index contributed by atoms with van der Waals surface area (Å²) in [6.07, 6.45) is 7.22. The van der Waals surface area contributed by atoms with Gasteiger partial charge in [0.15, 0.2) is 0 Å². The Morgan fingerprint density at radius 2 is 2.27 bits per heavy atom. The lowest BCUT2D eigenvalue weighted by Gasteiger charge is -2.22. The maximum Gasteiger partial charge on any atom is 0.0853 e. The van der Waals surface area contributed by atoms with Crippen molar-refractivity contribution in [1.82, 2.24) is 0 Å². The molecule has 2 atom stereocenters. The van der Waals surface area contributed by atoms with Crippen molar-refractivity contribution in [3.8, 4) is 0 Å². The summed E-state index contributed by atoms with van der Waals surface area (Å²) in [6.45, 7) is 0. The van der Waals surface area contributed by atoms with Gasteiger partial charge in [0.2, 0.25) is 0 Å². The summed E-state index contributed by atoms with van der Waals surface area (Å²) >= 11 is 5.90. The zero-order valence-electron chi connectivity index (χ0n) is 8.57. The topological polar surface area (TPSA) is 20.2 Å². The first kappa shape index (κ1) is 10.7. The Balaban J connectivity index is 2.16. The van der Waals surface area contributed by atoms with E-state index in [9.17, 15) is 5.11 Å². The molecule has 0 amide bonds. The molecule has 0 aliphatic heterocycles. The molecule has 80 valence electrons. The molecule has 0 unspecified atom stereocenters. The van der Waals surface area contributed by atoms with Crippen LogP contribution in [0.3, 0.4) is 0 Å². The van der Waals surface area contributed by atoms with Gasteiger partial charge >= 0.3 is 0 Å². The van der Waals surface area contributed by atoms with E-state index in [1.54, 1.807) is 0 Å². The largest absolute Gasteiger partial charge is 0.388 e. The van der Waals surface area contributed by atoms with Crippen LogP contribution in [0.5, 0.6) is 0 Å². The summed E-state index contributed by atoms with van der Waals surface area (Å²) < 4.78 is 0. The van der Waals surface area contributed by atoms with E-state index >= 15 is 0 Å². The molecule has 0 heterocycles. The van der Waals surface area contributed by atoms with Gasteiger partial charge < -0.3 is 5.11 Å². The number of allylic oxidation sites excluding steroid dienone is 1. The van der Waals surface area contributed by atoms with Gasteiger partial charge in [0.1, 0.15) is 0 Å². The van der Waals surface area contributed by atoms with E-state index in [2.05, 4.69) is 12.2 Å². The maximum absolute atomic E-state index is 10.2. The number of hydrogen-bond acceptors (Lipinski definition) is 1. The fourth-order valence-electron chi connectivity index (χ4n) is 2.04. The quantitative estimate of drug-likeness (QED) is 0.756. The number of rotatable bonds is 2. The Hall–Kier alpha value is -0.790. The van der Waals surface area contributed by atoms with E-state index in [0.717, 1.165) is 18.4 Å². The lowest BCUT2D eigenvalue weighted by Crippen LogP contribution is -2.12. The van der Waals surface area contributed by atoms with Crippen LogP contribution in [0.15, 0.2) is 36.4 Å². The molecule has 0 saturated heterocycles. The lowest BCUT2D eigenvalue weighted by atomic mass is 9.87. The number of benzene rings is 1. The number of halogens is 1. The molecule has 0 fully saturated rings. The first-order valence-electron chi connectivity index (χ1n) is 5.37. The second kappa shape index (κ2) is 4.82. The molecular weight excluding hydrogens is 208 g/mol. The third-order valence-electron chi connectivity index (χ3n) is 2.89. The van der Waals surface area contributed by atoms with Crippen molar-refractivity contribution < 1.29 is 5.11 Å². The van der Waals surface area contributed by atoms with Crippen molar-refractivity contribution in [2.45, 2.75) is 25.4 Å². The van der Waals surface area contributed by atoms with Crippen LogP contribution in [0, 0.1) is 5.92 Å². The predicted octanol–water partition coefficient (Wildman–Crippen LogP) is 3.73. The Bertz CT molecular complexity index is 359. The van der Waals surface area contributed by atoms with Crippen LogP contribution in [0.25, 0.3) is 0 Å². The van der Waals surface area contributed by atoms with E-state index in [1.807, 2.05) is 24.3 Å². The molecule has 0 radical (unpaired) electrons. The van der Waals surface area contributed by atoms with Crippen LogP contribution in [-0.2, 0) is 0 Å². The van der Waals surface area contributed by atoms with Crippen molar-refractivity contribution >= 4 is 11.6 Å². The van der Waals surface area contributed by atoms with Crippen LogP contribution in [0.1, 0.15) is 30.9 Å². The highest BCUT2D eigenvalue weighted by Crippen LogP contribution is 2.31. The van der Waals surface area contributed by atoms with Crippen LogP contribution in [0.2, 0.25) is 5.02 Å². The minimum atomic E-state index is -0.416. The lowest BCUT2D eigenvalue weighted by molar-refractivity contribution is 0.123. The van der Waals surface area contributed by atoms with E-state index < -0.39 is 6.10 Å². The minimum Gasteiger partial charge on any atom is -0.388 e. The molecule has 15 heavy (non-hydrogen) atoms. The Labute approximate surface area is 95.4 Å². The van der Waals surface area contributed by atoms with E-state index in [0.29, 0.717) is 5.02 Å². The molecular formula is C13H15ClO. The highest BCUT2D eigenvalue weighted by Gasteiger charge is 2.19. The fourth-order valence-corrected chi connectivity index (χ4v) is 2.24. The van der Waals surface area contributed by atoms with E-state index in [1.165, 1.54) is 6.42 Å². The van der Waals surface area contributed by atoms with Gasteiger partial charge in [-0.2, -0.15) is 0 Å². The van der Waals surface area contributed by atoms with Crippen LogP contribution in [0.4, 0.5) is 0 Å². The van der Waals surface area contributed by atoms with Crippen LogP contribution in [-0.4, -0.2) is 5.11 Å². The maximum atomic E-state index is 10.2. The van der Waals surface area contributed by atoms with Crippen LogP contribution >= 0.6 is 11.6 Å². The number of aliphatic hydroxyl groups excluding tert-OH is 1. The molecule has 0 aromatic heterocycles. The summed E-state index contributed by atoms with van der Waals surface area (Å²) in [7, 11) is 0. The second-order valence-electron chi connectivity index (χ2n) is 4.02. The predicted molar refractivity (Wildman–Crippen MR) is 62.9 cm³/mol. The molecule has 1 aliphatic carbocycles. The average molecular weight is 223 g/mol. The van der Waals surface area contributed by atoms with Gasteiger partial charge in [-0.3, -0.25) is 0 Å². The van der Waals surface area contributed by atoms with Gasteiger partial charge in [-0.15, -0.1) is 0 Å². The third-order valence-corrected chi connectivity index (χ3v) is 3.12. The summed E-state index contributed by atoms with van der Waals surface area (Å²) in [6, 6.07) is 7.48.